The van der Waals surface area contributed by atoms with Gasteiger partial charge in [0.1, 0.15) is 0 Å². The Balaban J connectivity index is 2.03. The largest absolute Gasteiger partial charge is 0.391 e. The highest BCUT2D eigenvalue weighted by Gasteiger charge is 2.37. The number of aliphatic hydroxyl groups excluding tert-OH is 1. The Hall–Kier alpha value is -0.120. The van der Waals surface area contributed by atoms with Gasteiger partial charge in [-0.15, -0.1) is 0 Å². The maximum Gasteiger partial charge on any atom is 0.0700 e. The zero-order chi connectivity index (χ0) is 12.4. The fourth-order valence-corrected chi connectivity index (χ4v) is 3.70. The van der Waals surface area contributed by atoms with Crippen molar-refractivity contribution in [2.45, 2.75) is 58.3 Å². The quantitative estimate of drug-likeness (QED) is 0.761. The highest BCUT2D eigenvalue weighted by Crippen LogP contribution is 2.33. The van der Waals surface area contributed by atoms with E-state index in [0.717, 1.165) is 32.5 Å². The molecule has 17 heavy (non-hydrogen) atoms. The molecule has 0 bridgehead atoms. The number of aliphatic hydroxyl groups is 1. The SMILES string of the molecule is CC1CC(C)C(N2CCCOC(C)C2)C(O)C1. The van der Waals surface area contributed by atoms with Crippen molar-refractivity contribution < 1.29 is 9.84 Å². The first-order valence-electron chi connectivity index (χ1n) is 7.11. The Morgan fingerprint density at radius 3 is 2.65 bits per heavy atom. The lowest BCUT2D eigenvalue weighted by Crippen LogP contribution is -2.52. The molecule has 1 heterocycles. The minimum absolute atomic E-state index is 0.154. The third-order valence-corrected chi connectivity index (χ3v) is 4.30. The van der Waals surface area contributed by atoms with E-state index >= 15 is 0 Å². The van der Waals surface area contributed by atoms with Gasteiger partial charge in [-0.25, -0.2) is 0 Å². The summed E-state index contributed by atoms with van der Waals surface area (Å²) >= 11 is 0. The average Bonchev–Trinajstić information content (AvgIpc) is 2.41. The van der Waals surface area contributed by atoms with Crippen LogP contribution in [0.15, 0.2) is 0 Å². The lowest BCUT2D eigenvalue weighted by molar-refractivity contribution is -0.0324. The highest BCUT2D eigenvalue weighted by molar-refractivity contribution is 4.90. The average molecular weight is 241 g/mol. The number of hydrogen-bond acceptors (Lipinski definition) is 3. The maximum absolute atomic E-state index is 10.4. The standard InChI is InChI=1S/C14H27NO2/c1-10-7-11(2)14(13(16)8-10)15-5-4-6-17-12(3)9-15/h10-14,16H,4-9H2,1-3H3. The van der Waals surface area contributed by atoms with E-state index in [1.807, 2.05) is 0 Å². The first kappa shape index (κ1) is 13.3. The second-order valence-electron chi connectivity index (χ2n) is 6.14. The molecule has 5 atom stereocenters. The highest BCUT2D eigenvalue weighted by atomic mass is 16.5. The van der Waals surface area contributed by atoms with Gasteiger partial charge in [-0.1, -0.05) is 13.8 Å². The van der Waals surface area contributed by atoms with Crippen LogP contribution >= 0.6 is 0 Å². The molecule has 3 nitrogen and oxygen atoms in total. The summed E-state index contributed by atoms with van der Waals surface area (Å²) in [6, 6.07) is 0.343. The molecule has 1 aliphatic heterocycles. The van der Waals surface area contributed by atoms with Crippen molar-refractivity contribution in [1.82, 2.24) is 4.90 Å². The minimum atomic E-state index is -0.154. The normalized spacial score (nSPS) is 45.5. The molecule has 0 radical (unpaired) electrons. The lowest BCUT2D eigenvalue weighted by atomic mass is 9.77. The van der Waals surface area contributed by atoms with E-state index in [4.69, 9.17) is 4.74 Å². The number of hydrogen-bond donors (Lipinski definition) is 1. The Morgan fingerprint density at radius 2 is 1.94 bits per heavy atom. The molecule has 0 amide bonds. The van der Waals surface area contributed by atoms with Crippen molar-refractivity contribution in [1.29, 1.82) is 0 Å². The van der Waals surface area contributed by atoms with Crippen LogP contribution in [0.5, 0.6) is 0 Å². The van der Waals surface area contributed by atoms with Gasteiger partial charge < -0.3 is 9.84 Å². The van der Waals surface area contributed by atoms with Gasteiger partial charge in [0.15, 0.2) is 0 Å². The van der Waals surface area contributed by atoms with Gasteiger partial charge in [-0.3, -0.25) is 4.90 Å². The van der Waals surface area contributed by atoms with Gasteiger partial charge in [0, 0.05) is 25.7 Å². The fraction of sp³-hybridized carbons (Fsp3) is 1.00. The van der Waals surface area contributed by atoms with Crippen LogP contribution in [0.25, 0.3) is 0 Å². The maximum atomic E-state index is 10.4. The second-order valence-corrected chi connectivity index (χ2v) is 6.14. The third kappa shape index (κ3) is 3.21. The molecule has 2 fully saturated rings. The van der Waals surface area contributed by atoms with Crippen LogP contribution in [0.4, 0.5) is 0 Å². The molecule has 5 unspecified atom stereocenters. The van der Waals surface area contributed by atoms with Gasteiger partial charge in [0.2, 0.25) is 0 Å². The van der Waals surface area contributed by atoms with Crippen molar-refractivity contribution in [3.05, 3.63) is 0 Å². The van der Waals surface area contributed by atoms with Crippen LogP contribution in [0.1, 0.15) is 40.0 Å². The molecule has 100 valence electrons. The number of nitrogens with zero attached hydrogens (tertiary/aromatic N) is 1. The van der Waals surface area contributed by atoms with E-state index in [9.17, 15) is 5.11 Å². The molecule has 0 aromatic heterocycles. The smallest absolute Gasteiger partial charge is 0.0700 e. The van der Waals surface area contributed by atoms with E-state index in [-0.39, 0.29) is 6.10 Å². The van der Waals surface area contributed by atoms with E-state index < -0.39 is 0 Å². The summed E-state index contributed by atoms with van der Waals surface area (Å²) < 4.78 is 5.69. The van der Waals surface area contributed by atoms with Crippen LogP contribution < -0.4 is 0 Å². The zero-order valence-corrected chi connectivity index (χ0v) is 11.4. The molecule has 0 spiro atoms. The molecule has 0 aromatic carbocycles. The minimum Gasteiger partial charge on any atom is -0.391 e. The molecule has 2 rings (SSSR count). The van der Waals surface area contributed by atoms with Gasteiger partial charge in [-0.05, 0) is 38.0 Å². The van der Waals surface area contributed by atoms with Crippen LogP contribution in [-0.2, 0) is 4.74 Å². The van der Waals surface area contributed by atoms with Crippen LogP contribution in [0.3, 0.4) is 0 Å². The van der Waals surface area contributed by atoms with Crippen LogP contribution in [0, 0.1) is 11.8 Å². The van der Waals surface area contributed by atoms with Crippen molar-refractivity contribution >= 4 is 0 Å². The Bertz CT molecular complexity index is 234. The summed E-state index contributed by atoms with van der Waals surface area (Å²) in [6.07, 6.45) is 3.44. The molecular weight excluding hydrogens is 214 g/mol. The molecule has 2 aliphatic rings. The molecular formula is C14H27NO2. The van der Waals surface area contributed by atoms with Crippen molar-refractivity contribution in [3.8, 4) is 0 Å². The first-order chi connectivity index (χ1) is 8.08. The summed E-state index contributed by atoms with van der Waals surface area (Å²) in [5.41, 5.74) is 0. The summed E-state index contributed by atoms with van der Waals surface area (Å²) in [7, 11) is 0. The molecule has 1 aliphatic carbocycles. The molecule has 1 saturated heterocycles. The monoisotopic (exact) mass is 241 g/mol. The van der Waals surface area contributed by atoms with E-state index in [2.05, 4.69) is 25.7 Å². The van der Waals surface area contributed by atoms with E-state index in [1.165, 1.54) is 6.42 Å². The number of ether oxygens (including phenoxy) is 1. The van der Waals surface area contributed by atoms with Crippen LogP contribution in [-0.4, -0.2) is 48.0 Å². The second kappa shape index (κ2) is 5.68. The van der Waals surface area contributed by atoms with Gasteiger partial charge in [0.05, 0.1) is 12.2 Å². The fourth-order valence-electron chi connectivity index (χ4n) is 3.70. The molecule has 0 aromatic rings. The van der Waals surface area contributed by atoms with E-state index in [0.29, 0.717) is 24.0 Å². The third-order valence-electron chi connectivity index (χ3n) is 4.30. The molecule has 3 heteroatoms. The van der Waals surface area contributed by atoms with Gasteiger partial charge >= 0.3 is 0 Å². The van der Waals surface area contributed by atoms with Crippen LogP contribution in [0.2, 0.25) is 0 Å². The van der Waals surface area contributed by atoms with Gasteiger partial charge in [0.25, 0.3) is 0 Å². The Morgan fingerprint density at radius 1 is 1.18 bits per heavy atom. The molecule has 1 saturated carbocycles. The van der Waals surface area contributed by atoms with Crippen molar-refractivity contribution in [3.63, 3.8) is 0 Å². The topological polar surface area (TPSA) is 32.7 Å². The van der Waals surface area contributed by atoms with Gasteiger partial charge in [-0.2, -0.15) is 0 Å². The van der Waals surface area contributed by atoms with E-state index in [1.54, 1.807) is 0 Å². The molecule has 1 N–H and O–H groups in total. The Kier molecular flexibility index (Phi) is 4.45. The number of rotatable bonds is 1. The summed E-state index contributed by atoms with van der Waals surface area (Å²) in [6.45, 7) is 9.60. The zero-order valence-electron chi connectivity index (χ0n) is 11.4. The summed E-state index contributed by atoms with van der Waals surface area (Å²) in [5, 5.41) is 10.4. The van der Waals surface area contributed by atoms with Crippen molar-refractivity contribution in [2.75, 3.05) is 19.7 Å². The first-order valence-corrected chi connectivity index (χ1v) is 7.11. The lowest BCUT2D eigenvalue weighted by Gasteiger charge is -2.43. The summed E-state index contributed by atoms with van der Waals surface area (Å²) in [4.78, 5) is 2.47. The Labute approximate surface area is 105 Å². The predicted molar refractivity (Wildman–Crippen MR) is 69.0 cm³/mol. The van der Waals surface area contributed by atoms with Crippen molar-refractivity contribution in [2.24, 2.45) is 11.8 Å². The summed E-state index contributed by atoms with van der Waals surface area (Å²) in [5.74, 6) is 1.26. The predicted octanol–water partition coefficient (Wildman–Crippen LogP) is 1.89.